The van der Waals surface area contributed by atoms with E-state index in [-0.39, 0.29) is 5.82 Å². The Hall–Kier alpha value is -1.31. The average Bonchev–Trinajstić information content (AvgIpc) is 2.01. The second kappa shape index (κ2) is 3.76. The van der Waals surface area contributed by atoms with Crippen LogP contribution in [0.5, 0.6) is 0 Å². The highest BCUT2D eigenvalue weighted by atomic mass is 19.1. The highest BCUT2D eigenvalue weighted by Crippen LogP contribution is 2.04. The Labute approximate surface area is 65.1 Å². The van der Waals surface area contributed by atoms with Crippen molar-refractivity contribution in [1.29, 1.82) is 0 Å². The normalized spacial score (nSPS) is 10.4. The fraction of sp³-hybridized carbons (Fsp3) is 0.111. The predicted molar refractivity (Wildman–Crippen MR) is 42.4 cm³/mol. The standard InChI is InChI=1S/C9H9FO/c1-11-6-5-8-3-2-4-9(10)7-8/h2-7H,1H3/b6-5-. The highest BCUT2D eigenvalue weighted by Gasteiger charge is 1.88. The minimum atomic E-state index is -0.233. The van der Waals surface area contributed by atoms with Gasteiger partial charge in [-0.1, -0.05) is 12.1 Å². The molecule has 58 valence electrons. The largest absolute Gasteiger partial charge is 0.504 e. The van der Waals surface area contributed by atoms with Crippen molar-refractivity contribution in [3.05, 3.63) is 41.9 Å². The zero-order valence-electron chi connectivity index (χ0n) is 6.25. The van der Waals surface area contributed by atoms with Crippen LogP contribution in [0, 0.1) is 5.82 Å². The molecule has 11 heavy (non-hydrogen) atoms. The maximum absolute atomic E-state index is 12.5. The molecule has 0 saturated carbocycles. The van der Waals surface area contributed by atoms with Crippen molar-refractivity contribution in [2.24, 2.45) is 0 Å². The molecule has 1 nitrogen and oxygen atoms in total. The summed E-state index contributed by atoms with van der Waals surface area (Å²) in [7, 11) is 1.55. The summed E-state index contributed by atoms with van der Waals surface area (Å²) in [6.45, 7) is 0. The fourth-order valence-corrected chi connectivity index (χ4v) is 0.757. The van der Waals surface area contributed by atoms with Gasteiger partial charge in [0.25, 0.3) is 0 Å². The number of benzene rings is 1. The molecule has 0 aromatic heterocycles. The molecule has 0 N–H and O–H groups in total. The van der Waals surface area contributed by atoms with Gasteiger partial charge >= 0.3 is 0 Å². The summed E-state index contributed by atoms with van der Waals surface area (Å²) in [5.41, 5.74) is 0.798. The third-order valence-corrected chi connectivity index (χ3v) is 1.25. The lowest BCUT2D eigenvalue weighted by atomic mass is 10.2. The average molecular weight is 152 g/mol. The van der Waals surface area contributed by atoms with Gasteiger partial charge in [-0.2, -0.15) is 0 Å². The lowest BCUT2D eigenvalue weighted by molar-refractivity contribution is 0.341. The molecule has 0 bridgehead atoms. The first-order valence-corrected chi connectivity index (χ1v) is 3.28. The minimum Gasteiger partial charge on any atom is -0.504 e. The van der Waals surface area contributed by atoms with Gasteiger partial charge in [0.1, 0.15) is 5.82 Å². The maximum atomic E-state index is 12.5. The van der Waals surface area contributed by atoms with Crippen LogP contribution in [0.4, 0.5) is 4.39 Å². The van der Waals surface area contributed by atoms with E-state index >= 15 is 0 Å². The lowest BCUT2D eigenvalue weighted by Crippen LogP contribution is -1.75. The second-order valence-corrected chi connectivity index (χ2v) is 2.09. The molecule has 0 fully saturated rings. The van der Waals surface area contributed by atoms with E-state index in [0.29, 0.717) is 0 Å². The van der Waals surface area contributed by atoms with Crippen molar-refractivity contribution >= 4 is 6.08 Å². The summed E-state index contributed by atoms with van der Waals surface area (Å²) in [6.07, 6.45) is 3.21. The number of ether oxygens (including phenoxy) is 1. The van der Waals surface area contributed by atoms with Crippen molar-refractivity contribution in [2.45, 2.75) is 0 Å². The zero-order chi connectivity index (χ0) is 8.10. The van der Waals surface area contributed by atoms with E-state index in [4.69, 9.17) is 0 Å². The Morgan fingerprint density at radius 1 is 1.45 bits per heavy atom. The SMILES string of the molecule is CO/C=C\c1cccc(F)c1. The van der Waals surface area contributed by atoms with Gasteiger partial charge < -0.3 is 4.74 Å². The van der Waals surface area contributed by atoms with Crippen LogP contribution in [0.3, 0.4) is 0 Å². The Balaban J connectivity index is 2.79. The monoisotopic (exact) mass is 152 g/mol. The Bertz CT molecular complexity index is 255. The van der Waals surface area contributed by atoms with Crippen LogP contribution in [0.1, 0.15) is 5.56 Å². The van der Waals surface area contributed by atoms with Gasteiger partial charge in [0.05, 0.1) is 13.4 Å². The number of hydrogen-bond donors (Lipinski definition) is 0. The van der Waals surface area contributed by atoms with Crippen molar-refractivity contribution in [3.8, 4) is 0 Å². The molecular weight excluding hydrogens is 143 g/mol. The summed E-state index contributed by atoms with van der Waals surface area (Å²) in [6, 6.07) is 6.31. The van der Waals surface area contributed by atoms with Crippen molar-refractivity contribution < 1.29 is 9.13 Å². The smallest absolute Gasteiger partial charge is 0.123 e. The summed E-state index contributed by atoms with van der Waals surface area (Å²) >= 11 is 0. The molecule has 0 atom stereocenters. The van der Waals surface area contributed by atoms with Crippen LogP contribution in [0.25, 0.3) is 6.08 Å². The molecule has 2 heteroatoms. The zero-order valence-corrected chi connectivity index (χ0v) is 6.25. The van der Waals surface area contributed by atoms with Crippen LogP contribution >= 0.6 is 0 Å². The Morgan fingerprint density at radius 2 is 2.27 bits per heavy atom. The molecule has 0 aliphatic heterocycles. The summed E-state index contributed by atoms with van der Waals surface area (Å²) in [4.78, 5) is 0. The van der Waals surface area contributed by atoms with E-state index in [9.17, 15) is 4.39 Å². The van der Waals surface area contributed by atoms with Crippen molar-refractivity contribution in [1.82, 2.24) is 0 Å². The molecule has 0 saturated heterocycles. The van der Waals surface area contributed by atoms with Gasteiger partial charge in [0, 0.05) is 0 Å². The van der Waals surface area contributed by atoms with Crippen molar-refractivity contribution in [3.63, 3.8) is 0 Å². The van der Waals surface area contributed by atoms with Gasteiger partial charge in [0.15, 0.2) is 0 Å². The first-order valence-electron chi connectivity index (χ1n) is 3.28. The molecule has 1 aromatic carbocycles. The Kier molecular flexibility index (Phi) is 2.66. The van der Waals surface area contributed by atoms with Gasteiger partial charge in [-0.3, -0.25) is 0 Å². The lowest BCUT2D eigenvalue weighted by Gasteiger charge is -1.92. The molecule has 0 aliphatic carbocycles. The second-order valence-electron chi connectivity index (χ2n) is 2.09. The van der Waals surface area contributed by atoms with Gasteiger partial charge in [-0.25, -0.2) is 4.39 Å². The molecule has 1 rings (SSSR count). The van der Waals surface area contributed by atoms with E-state index in [1.807, 2.05) is 0 Å². The first kappa shape index (κ1) is 7.79. The van der Waals surface area contributed by atoms with Crippen LogP contribution in [0.2, 0.25) is 0 Å². The minimum absolute atomic E-state index is 0.233. The summed E-state index contributed by atoms with van der Waals surface area (Å²) < 4.78 is 17.2. The maximum Gasteiger partial charge on any atom is 0.123 e. The van der Waals surface area contributed by atoms with Crippen LogP contribution < -0.4 is 0 Å². The van der Waals surface area contributed by atoms with E-state index in [2.05, 4.69) is 4.74 Å². The molecule has 0 aliphatic rings. The molecule has 0 spiro atoms. The number of methoxy groups -OCH3 is 1. The quantitative estimate of drug-likeness (QED) is 0.591. The van der Waals surface area contributed by atoms with E-state index in [1.54, 1.807) is 25.3 Å². The molecule has 1 aromatic rings. The van der Waals surface area contributed by atoms with Crippen LogP contribution in [-0.4, -0.2) is 7.11 Å². The number of halogens is 1. The fourth-order valence-electron chi connectivity index (χ4n) is 0.757. The van der Waals surface area contributed by atoms with Gasteiger partial charge in [0.2, 0.25) is 0 Å². The molecule has 0 radical (unpaired) electrons. The van der Waals surface area contributed by atoms with Crippen molar-refractivity contribution in [2.75, 3.05) is 7.11 Å². The molecule has 0 amide bonds. The molecular formula is C9H9FO. The summed E-state index contributed by atoms with van der Waals surface area (Å²) in [5, 5.41) is 0. The van der Waals surface area contributed by atoms with E-state index in [0.717, 1.165) is 5.56 Å². The Morgan fingerprint density at radius 3 is 2.91 bits per heavy atom. The predicted octanol–water partition coefficient (Wildman–Crippen LogP) is 2.44. The van der Waals surface area contributed by atoms with E-state index < -0.39 is 0 Å². The van der Waals surface area contributed by atoms with Gasteiger partial charge in [-0.05, 0) is 23.8 Å². The van der Waals surface area contributed by atoms with Crippen LogP contribution in [0.15, 0.2) is 30.5 Å². The number of rotatable bonds is 2. The highest BCUT2D eigenvalue weighted by molar-refractivity contribution is 5.47. The van der Waals surface area contributed by atoms with E-state index in [1.165, 1.54) is 18.4 Å². The van der Waals surface area contributed by atoms with Gasteiger partial charge in [-0.15, -0.1) is 0 Å². The number of hydrogen-bond acceptors (Lipinski definition) is 1. The third-order valence-electron chi connectivity index (χ3n) is 1.25. The summed E-state index contributed by atoms with van der Waals surface area (Å²) in [5.74, 6) is -0.233. The van der Waals surface area contributed by atoms with Crippen LogP contribution in [-0.2, 0) is 4.74 Å². The molecule has 0 unspecified atom stereocenters. The third kappa shape index (κ3) is 2.42. The topological polar surface area (TPSA) is 9.23 Å². The molecule has 0 heterocycles. The first-order chi connectivity index (χ1) is 5.33.